The molecular weight excluding hydrogens is 418 g/mol. The van der Waals surface area contributed by atoms with Crippen LogP contribution in [0.2, 0.25) is 0 Å². The van der Waals surface area contributed by atoms with E-state index in [4.69, 9.17) is 4.74 Å². The van der Waals surface area contributed by atoms with Gasteiger partial charge in [-0.15, -0.1) is 11.3 Å². The topological polar surface area (TPSA) is 62.7 Å². The van der Waals surface area contributed by atoms with Crippen molar-refractivity contribution in [3.05, 3.63) is 35.3 Å². The van der Waals surface area contributed by atoms with Crippen molar-refractivity contribution in [3.8, 4) is 5.75 Å². The number of thiazole rings is 1. The summed E-state index contributed by atoms with van der Waals surface area (Å²) in [5.74, 6) is 2.25. The summed E-state index contributed by atoms with van der Waals surface area (Å²) in [5.41, 5.74) is 1.87. The van der Waals surface area contributed by atoms with Crippen molar-refractivity contribution in [1.82, 2.24) is 9.88 Å². The molecule has 2 aliphatic heterocycles. The molecule has 0 spiro atoms. The number of anilines is 1. The SMILES string of the molecule is COc1cccc(N2C[C@@H](C(=O)N3CCC(CSc4nc(C)cs4)CC3)CC2=O)c1. The van der Waals surface area contributed by atoms with E-state index in [9.17, 15) is 9.59 Å². The van der Waals surface area contributed by atoms with Crippen LogP contribution in [-0.2, 0) is 9.59 Å². The molecule has 160 valence electrons. The number of methoxy groups -OCH3 is 1. The number of amides is 2. The van der Waals surface area contributed by atoms with Crippen LogP contribution in [-0.4, -0.2) is 54.2 Å². The Balaban J connectivity index is 1.28. The summed E-state index contributed by atoms with van der Waals surface area (Å²) >= 11 is 3.53. The molecular formula is C22H27N3O3S2. The predicted octanol–water partition coefficient (Wildman–Crippen LogP) is 3.84. The summed E-state index contributed by atoms with van der Waals surface area (Å²) in [6.07, 6.45) is 2.32. The Hall–Kier alpha value is -2.06. The second kappa shape index (κ2) is 9.39. The highest BCUT2D eigenvalue weighted by atomic mass is 32.2. The summed E-state index contributed by atoms with van der Waals surface area (Å²) in [4.78, 5) is 33.8. The molecule has 0 saturated carbocycles. The fraction of sp³-hybridized carbons (Fsp3) is 0.500. The fourth-order valence-corrected chi connectivity index (χ4v) is 6.13. The van der Waals surface area contributed by atoms with Crippen LogP contribution < -0.4 is 9.64 Å². The van der Waals surface area contributed by atoms with E-state index in [1.54, 1.807) is 23.3 Å². The van der Waals surface area contributed by atoms with Crippen LogP contribution in [0.15, 0.2) is 34.0 Å². The summed E-state index contributed by atoms with van der Waals surface area (Å²) < 4.78 is 6.39. The third-order valence-electron chi connectivity index (χ3n) is 5.81. The standard InChI is InChI=1S/C22H27N3O3S2/c1-15-13-29-22(23-15)30-14-16-6-8-24(9-7-16)21(27)17-10-20(26)25(12-17)18-4-3-5-19(11-18)28-2/h3-5,11,13,16-17H,6-10,12,14H2,1-2H3/t17-/m0/s1. The molecule has 1 atom stereocenters. The number of rotatable bonds is 6. The number of nitrogens with zero attached hydrogens (tertiary/aromatic N) is 3. The van der Waals surface area contributed by atoms with Crippen LogP contribution in [0.1, 0.15) is 25.0 Å². The lowest BCUT2D eigenvalue weighted by Crippen LogP contribution is -2.42. The van der Waals surface area contributed by atoms with E-state index in [1.165, 1.54) is 0 Å². The van der Waals surface area contributed by atoms with Gasteiger partial charge in [0.05, 0.1) is 13.0 Å². The maximum atomic E-state index is 13.0. The molecule has 0 unspecified atom stereocenters. The average molecular weight is 446 g/mol. The zero-order chi connectivity index (χ0) is 21.1. The van der Waals surface area contributed by atoms with Gasteiger partial charge in [-0.05, 0) is 37.8 Å². The average Bonchev–Trinajstić information content (AvgIpc) is 3.37. The third kappa shape index (κ3) is 4.81. The van der Waals surface area contributed by atoms with Crippen LogP contribution in [0.25, 0.3) is 0 Å². The quantitative estimate of drug-likeness (QED) is 0.632. The molecule has 2 fully saturated rings. The molecule has 2 aromatic rings. The molecule has 0 N–H and O–H groups in total. The smallest absolute Gasteiger partial charge is 0.228 e. The molecule has 1 aromatic carbocycles. The molecule has 8 heteroatoms. The van der Waals surface area contributed by atoms with E-state index in [0.717, 1.165) is 47.4 Å². The molecule has 1 aromatic heterocycles. The zero-order valence-corrected chi connectivity index (χ0v) is 19.0. The number of thioether (sulfide) groups is 1. The van der Waals surface area contributed by atoms with Crippen LogP contribution >= 0.6 is 23.1 Å². The Morgan fingerprint density at radius 3 is 2.83 bits per heavy atom. The maximum Gasteiger partial charge on any atom is 0.228 e. The molecule has 0 radical (unpaired) electrons. The van der Waals surface area contributed by atoms with E-state index in [0.29, 0.717) is 18.2 Å². The number of hydrogen-bond donors (Lipinski definition) is 0. The number of aromatic nitrogens is 1. The highest BCUT2D eigenvalue weighted by Crippen LogP contribution is 2.31. The third-order valence-corrected chi connectivity index (χ3v) is 8.18. The Kier molecular flexibility index (Phi) is 6.63. The second-order valence-electron chi connectivity index (χ2n) is 7.94. The molecule has 0 bridgehead atoms. The van der Waals surface area contributed by atoms with Gasteiger partial charge in [0.1, 0.15) is 10.1 Å². The number of aryl methyl sites for hydroxylation is 1. The Bertz CT molecular complexity index is 909. The van der Waals surface area contributed by atoms with Crippen molar-refractivity contribution in [2.45, 2.75) is 30.5 Å². The van der Waals surface area contributed by atoms with Gasteiger partial charge in [-0.3, -0.25) is 9.59 Å². The lowest BCUT2D eigenvalue weighted by molar-refractivity contribution is -0.137. The van der Waals surface area contributed by atoms with Crippen molar-refractivity contribution >= 4 is 40.6 Å². The van der Waals surface area contributed by atoms with Crippen LogP contribution in [0.3, 0.4) is 0 Å². The number of hydrogen-bond acceptors (Lipinski definition) is 6. The number of ether oxygens (including phenoxy) is 1. The van der Waals surface area contributed by atoms with Crippen LogP contribution in [0.4, 0.5) is 5.69 Å². The zero-order valence-electron chi connectivity index (χ0n) is 17.4. The largest absolute Gasteiger partial charge is 0.497 e. The van der Waals surface area contributed by atoms with Gasteiger partial charge in [0, 0.05) is 54.6 Å². The first kappa shape index (κ1) is 21.2. The van der Waals surface area contributed by atoms with Crippen molar-refractivity contribution < 1.29 is 14.3 Å². The lowest BCUT2D eigenvalue weighted by Gasteiger charge is -2.33. The van der Waals surface area contributed by atoms with Crippen molar-refractivity contribution in [1.29, 1.82) is 0 Å². The maximum absolute atomic E-state index is 13.0. The van der Waals surface area contributed by atoms with E-state index in [1.807, 2.05) is 47.9 Å². The second-order valence-corrected chi connectivity index (χ2v) is 10.1. The Morgan fingerprint density at radius 2 is 2.13 bits per heavy atom. The minimum absolute atomic E-state index is 0.00614. The fourth-order valence-electron chi connectivity index (χ4n) is 4.07. The number of carbonyl (C=O) groups is 2. The predicted molar refractivity (Wildman–Crippen MR) is 120 cm³/mol. The molecule has 4 rings (SSSR count). The summed E-state index contributed by atoms with van der Waals surface area (Å²) in [5, 5.41) is 2.08. The minimum Gasteiger partial charge on any atom is -0.497 e. The summed E-state index contributed by atoms with van der Waals surface area (Å²) in [6, 6.07) is 7.45. The Morgan fingerprint density at radius 1 is 1.33 bits per heavy atom. The molecule has 2 saturated heterocycles. The van der Waals surface area contributed by atoms with E-state index in [-0.39, 0.29) is 24.2 Å². The van der Waals surface area contributed by atoms with Gasteiger partial charge < -0.3 is 14.5 Å². The van der Waals surface area contributed by atoms with Gasteiger partial charge in [-0.2, -0.15) is 0 Å². The first-order valence-corrected chi connectivity index (χ1v) is 12.2. The highest BCUT2D eigenvalue weighted by molar-refractivity contribution is 8.01. The first-order chi connectivity index (χ1) is 14.5. The van der Waals surface area contributed by atoms with Crippen molar-refractivity contribution in [3.63, 3.8) is 0 Å². The first-order valence-electron chi connectivity index (χ1n) is 10.3. The molecule has 0 aliphatic carbocycles. The number of piperidine rings is 1. The Labute approximate surface area is 185 Å². The number of likely N-dealkylation sites (tertiary alicyclic amines) is 1. The monoisotopic (exact) mass is 445 g/mol. The molecule has 2 amide bonds. The molecule has 3 heterocycles. The summed E-state index contributed by atoms with van der Waals surface area (Å²) in [6.45, 7) is 4.04. The molecule has 30 heavy (non-hydrogen) atoms. The number of carbonyl (C=O) groups excluding carboxylic acids is 2. The van der Waals surface area contributed by atoms with Gasteiger partial charge in [0.2, 0.25) is 11.8 Å². The van der Waals surface area contributed by atoms with Crippen LogP contribution in [0, 0.1) is 18.8 Å². The molecule has 6 nitrogen and oxygen atoms in total. The molecule has 2 aliphatic rings. The highest BCUT2D eigenvalue weighted by Gasteiger charge is 2.38. The van der Waals surface area contributed by atoms with E-state index >= 15 is 0 Å². The van der Waals surface area contributed by atoms with E-state index < -0.39 is 0 Å². The van der Waals surface area contributed by atoms with Crippen molar-refractivity contribution in [2.75, 3.05) is 37.4 Å². The van der Waals surface area contributed by atoms with Crippen molar-refractivity contribution in [2.24, 2.45) is 11.8 Å². The normalized spacial score (nSPS) is 20.1. The van der Waals surface area contributed by atoms with Crippen LogP contribution in [0.5, 0.6) is 5.75 Å². The van der Waals surface area contributed by atoms with Gasteiger partial charge in [-0.25, -0.2) is 4.98 Å². The lowest BCUT2D eigenvalue weighted by atomic mass is 9.97. The van der Waals surface area contributed by atoms with Gasteiger partial charge >= 0.3 is 0 Å². The van der Waals surface area contributed by atoms with Gasteiger partial charge in [0.25, 0.3) is 0 Å². The minimum atomic E-state index is -0.257. The number of benzene rings is 1. The van der Waals surface area contributed by atoms with E-state index in [2.05, 4.69) is 10.4 Å². The van der Waals surface area contributed by atoms with Gasteiger partial charge in [-0.1, -0.05) is 17.8 Å². The summed E-state index contributed by atoms with van der Waals surface area (Å²) in [7, 11) is 1.61. The van der Waals surface area contributed by atoms with Gasteiger partial charge in [0.15, 0.2) is 0 Å².